The summed E-state index contributed by atoms with van der Waals surface area (Å²) in [6, 6.07) is 8.09. The number of nitrogens with one attached hydrogen (secondary N) is 3. The maximum absolute atomic E-state index is 12.4. The number of carbonyl (C=O) groups excluding carboxylic acids is 1. The third kappa shape index (κ3) is 4.67. The van der Waals surface area contributed by atoms with Crippen LogP contribution in [0, 0.1) is 0 Å². The Balaban J connectivity index is 1.60. The number of hydrogen-bond donors (Lipinski definition) is 3. The number of carbonyl (C=O) groups is 1. The van der Waals surface area contributed by atoms with E-state index in [0.717, 1.165) is 35.3 Å². The SMILES string of the molecule is CC(C)(C)OCc1cccc(CNC(=O)c2n[nH]c3c2CNCC3)c1. The maximum atomic E-state index is 12.4. The Morgan fingerprint density at radius 1 is 1.32 bits per heavy atom. The molecule has 3 N–H and O–H groups in total. The van der Waals surface area contributed by atoms with Crippen LogP contribution in [0.1, 0.15) is 53.6 Å². The van der Waals surface area contributed by atoms with Gasteiger partial charge in [0.2, 0.25) is 0 Å². The second kappa shape index (κ2) is 7.37. The summed E-state index contributed by atoms with van der Waals surface area (Å²) in [6.45, 7) is 8.75. The van der Waals surface area contributed by atoms with Crippen molar-refractivity contribution >= 4 is 5.91 Å². The zero-order valence-corrected chi connectivity index (χ0v) is 15.1. The van der Waals surface area contributed by atoms with Crippen LogP contribution in [0.5, 0.6) is 0 Å². The summed E-state index contributed by atoms with van der Waals surface area (Å²) >= 11 is 0. The van der Waals surface area contributed by atoms with Crippen LogP contribution in [0.3, 0.4) is 0 Å². The van der Waals surface area contributed by atoms with E-state index in [0.29, 0.717) is 25.4 Å². The van der Waals surface area contributed by atoms with Crippen molar-refractivity contribution in [2.24, 2.45) is 0 Å². The standard InChI is InChI=1S/C19H26N4O2/c1-19(2,3)25-12-14-6-4-5-13(9-14)10-21-18(24)17-15-11-20-8-7-16(15)22-23-17/h4-6,9,20H,7-8,10-12H2,1-3H3,(H,21,24)(H,22,23). The average Bonchev–Trinajstić information content (AvgIpc) is 3.02. The Kier molecular flexibility index (Phi) is 5.20. The highest BCUT2D eigenvalue weighted by molar-refractivity contribution is 5.94. The van der Waals surface area contributed by atoms with Gasteiger partial charge in [0.05, 0.1) is 12.2 Å². The monoisotopic (exact) mass is 342 g/mol. The van der Waals surface area contributed by atoms with Gasteiger partial charge in [-0.15, -0.1) is 0 Å². The molecule has 2 heterocycles. The molecular formula is C19H26N4O2. The number of ether oxygens (including phenoxy) is 1. The first-order valence-corrected chi connectivity index (χ1v) is 8.69. The lowest BCUT2D eigenvalue weighted by atomic mass is 10.1. The van der Waals surface area contributed by atoms with E-state index in [9.17, 15) is 4.79 Å². The van der Waals surface area contributed by atoms with Crippen LogP contribution in [-0.2, 0) is 30.9 Å². The number of benzene rings is 1. The fraction of sp³-hybridized carbons (Fsp3) is 0.474. The quantitative estimate of drug-likeness (QED) is 0.779. The first kappa shape index (κ1) is 17.6. The fourth-order valence-corrected chi connectivity index (χ4v) is 2.81. The summed E-state index contributed by atoms with van der Waals surface area (Å²) < 4.78 is 5.81. The summed E-state index contributed by atoms with van der Waals surface area (Å²) in [4.78, 5) is 12.4. The molecule has 0 atom stereocenters. The number of aromatic nitrogens is 2. The van der Waals surface area contributed by atoms with Crippen molar-refractivity contribution in [3.05, 3.63) is 52.3 Å². The Labute approximate surface area is 148 Å². The van der Waals surface area contributed by atoms with E-state index in [1.807, 2.05) is 39.0 Å². The minimum atomic E-state index is -0.169. The lowest BCUT2D eigenvalue weighted by Gasteiger charge is -2.19. The lowest BCUT2D eigenvalue weighted by Crippen LogP contribution is -2.28. The van der Waals surface area contributed by atoms with E-state index >= 15 is 0 Å². The molecule has 1 aromatic heterocycles. The minimum absolute atomic E-state index is 0.141. The van der Waals surface area contributed by atoms with E-state index in [4.69, 9.17) is 4.74 Å². The summed E-state index contributed by atoms with van der Waals surface area (Å²) in [5, 5.41) is 13.4. The number of amides is 1. The molecule has 134 valence electrons. The zero-order valence-electron chi connectivity index (χ0n) is 15.1. The fourth-order valence-electron chi connectivity index (χ4n) is 2.81. The number of H-pyrrole nitrogens is 1. The highest BCUT2D eigenvalue weighted by atomic mass is 16.5. The molecule has 0 saturated carbocycles. The molecule has 3 rings (SSSR count). The van der Waals surface area contributed by atoms with E-state index in [-0.39, 0.29) is 11.5 Å². The molecule has 2 aromatic rings. The molecular weight excluding hydrogens is 316 g/mol. The smallest absolute Gasteiger partial charge is 0.272 e. The van der Waals surface area contributed by atoms with Gasteiger partial charge in [0.1, 0.15) is 0 Å². The van der Waals surface area contributed by atoms with Crippen LogP contribution >= 0.6 is 0 Å². The minimum Gasteiger partial charge on any atom is -0.371 e. The van der Waals surface area contributed by atoms with Crippen molar-refractivity contribution in [1.82, 2.24) is 20.8 Å². The second-order valence-corrected chi connectivity index (χ2v) is 7.36. The van der Waals surface area contributed by atoms with E-state index in [1.54, 1.807) is 0 Å². The number of rotatable bonds is 5. The Morgan fingerprint density at radius 2 is 2.12 bits per heavy atom. The number of fused-ring (bicyclic) bond motifs is 1. The average molecular weight is 342 g/mol. The molecule has 0 radical (unpaired) electrons. The summed E-state index contributed by atoms with van der Waals surface area (Å²) in [7, 11) is 0. The topological polar surface area (TPSA) is 79.0 Å². The van der Waals surface area contributed by atoms with Crippen LogP contribution < -0.4 is 10.6 Å². The highest BCUT2D eigenvalue weighted by Crippen LogP contribution is 2.16. The Morgan fingerprint density at radius 3 is 2.92 bits per heavy atom. The number of aromatic amines is 1. The molecule has 0 saturated heterocycles. The molecule has 6 nitrogen and oxygen atoms in total. The van der Waals surface area contributed by atoms with Gasteiger partial charge in [-0.25, -0.2) is 0 Å². The molecule has 1 aliphatic rings. The van der Waals surface area contributed by atoms with Gasteiger partial charge in [-0.3, -0.25) is 9.89 Å². The maximum Gasteiger partial charge on any atom is 0.272 e. The number of hydrogen-bond acceptors (Lipinski definition) is 4. The van der Waals surface area contributed by atoms with Crippen LogP contribution in [0.4, 0.5) is 0 Å². The highest BCUT2D eigenvalue weighted by Gasteiger charge is 2.21. The van der Waals surface area contributed by atoms with Crippen molar-refractivity contribution in [2.45, 2.75) is 52.5 Å². The molecule has 0 fully saturated rings. The first-order valence-electron chi connectivity index (χ1n) is 8.69. The van der Waals surface area contributed by atoms with Gasteiger partial charge in [-0.1, -0.05) is 24.3 Å². The molecule has 1 aromatic carbocycles. The van der Waals surface area contributed by atoms with Gasteiger partial charge in [-0.05, 0) is 31.9 Å². The van der Waals surface area contributed by atoms with Crippen LogP contribution in [0.25, 0.3) is 0 Å². The van der Waals surface area contributed by atoms with E-state index in [2.05, 4.69) is 26.9 Å². The summed E-state index contributed by atoms with van der Waals surface area (Å²) in [5.74, 6) is -0.141. The van der Waals surface area contributed by atoms with Crippen molar-refractivity contribution < 1.29 is 9.53 Å². The molecule has 0 aliphatic carbocycles. The van der Waals surface area contributed by atoms with Gasteiger partial charge < -0.3 is 15.4 Å². The number of nitrogens with zero attached hydrogens (tertiary/aromatic N) is 1. The van der Waals surface area contributed by atoms with Crippen LogP contribution in [0.15, 0.2) is 24.3 Å². The molecule has 1 amide bonds. The van der Waals surface area contributed by atoms with Crippen LogP contribution in [0.2, 0.25) is 0 Å². The van der Waals surface area contributed by atoms with Crippen molar-refractivity contribution in [1.29, 1.82) is 0 Å². The molecule has 6 heteroatoms. The van der Waals surface area contributed by atoms with Gasteiger partial charge in [0, 0.05) is 37.3 Å². The van der Waals surface area contributed by atoms with Crippen molar-refractivity contribution in [3.63, 3.8) is 0 Å². The first-order chi connectivity index (χ1) is 11.9. The predicted molar refractivity (Wildman–Crippen MR) is 96.2 cm³/mol. The third-order valence-electron chi connectivity index (χ3n) is 4.14. The van der Waals surface area contributed by atoms with E-state index < -0.39 is 0 Å². The van der Waals surface area contributed by atoms with Gasteiger partial charge in [-0.2, -0.15) is 5.10 Å². The Bertz CT molecular complexity index is 746. The van der Waals surface area contributed by atoms with Crippen molar-refractivity contribution in [3.8, 4) is 0 Å². The lowest BCUT2D eigenvalue weighted by molar-refractivity contribution is -0.0149. The van der Waals surface area contributed by atoms with E-state index in [1.165, 1.54) is 0 Å². The van der Waals surface area contributed by atoms with Gasteiger partial charge in [0.15, 0.2) is 5.69 Å². The second-order valence-electron chi connectivity index (χ2n) is 7.36. The van der Waals surface area contributed by atoms with Crippen molar-refractivity contribution in [2.75, 3.05) is 6.54 Å². The zero-order chi connectivity index (χ0) is 17.9. The van der Waals surface area contributed by atoms with Gasteiger partial charge in [0.25, 0.3) is 5.91 Å². The third-order valence-corrected chi connectivity index (χ3v) is 4.14. The normalized spacial score (nSPS) is 14.2. The van der Waals surface area contributed by atoms with Gasteiger partial charge >= 0.3 is 0 Å². The summed E-state index contributed by atoms with van der Waals surface area (Å²) in [5.41, 5.74) is 4.52. The largest absolute Gasteiger partial charge is 0.371 e. The van der Waals surface area contributed by atoms with Crippen LogP contribution in [-0.4, -0.2) is 28.3 Å². The predicted octanol–water partition coefficient (Wildman–Crippen LogP) is 2.30. The molecule has 0 unspecified atom stereocenters. The molecule has 0 spiro atoms. The molecule has 25 heavy (non-hydrogen) atoms. The summed E-state index contributed by atoms with van der Waals surface area (Å²) in [6.07, 6.45) is 0.880. The molecule has 0 bridgehead atoms. The molecule has 1 aliphatic heterocycles. The Hall–Kier alpha value is -2.18.